The van der Waals surface area contributed by atoms with Gasteiger partial charge in [0.05, 0.1) is 28.3 Å². The van der Waals surface area contributed by atoms with Crippen LogP contribution in [0.2, 0.25) is 0 Å². The third-order valence-electron chi connectivity index (χ3n) is 6.24. The summed E-state index contributed by atoms with van der Waals surface area (Å²) < 4.78 is 17.0. The summed E-state index contributed by atoms with van der Waals surface area (Å²) in [5, 5.41) is 4.98. The Balaban J connectivity index is 2.15. The lowest BCUT2D eigenvalue weighted by Crippen LogP contribution is -2.00. The predicted octanol–water partition coefficient (Wildman–Crippen LogP) is 6.45. The van der Waals surface area contributed by atoms with Crippen LogP contribution < -0.4 is 0 Å². The van der Waals surface area contributed by atoms with Gasteiger partial charge in [0.2, 0.25) is 0 Å². The Hall–Kier alpha value is -3.20. The van der Waals surface area contributed by atoms with Crippen LogP contribution in [0.5, 0.6) is 0 Å². The molecule has 3 heteroatoms. The number of pyridine rings is 2. The quantitative estimate of drug-likeness (QED) is 0.227. The van der Waals surface area contributed by atoms with Gasteiger partial charge in [-0.2, -0.15) is 0 Å². The van der Waals surface area contributed by atoms with E-state index in [1.807, 2.05) is 12.1 Å². The number of fused-ring (bicyclic) bond motifs is 6. The number of hydrogen-bond donors (Lipinski definition) is 0. The minimum absolute atomic E-state index is 0.267. The van der Waals surface area contributed by atoms with E-state index in [1.165, 1.54) is 33.8 Å². The van der Waals surface area contributed by atoms with Crippen LogP contribution in [-0.4, -0.2) is 9.38 Å². The normalized spacial score (nSPS) is 12.4. The van der Waals surface area contributed by atoms with E-state index in [1.54, 1.807) is 0 Å². The maximum absolute atomic E-state index is 14.6. The van der Waals surface area contributed by atoms with Crippen molar-refractivity contribution in [3.63, 3.8) is 0 Å². The van der Waals surface area contributed by atoms with Gasteiger partial charge in [-0.3, -0.25) is 4.98 Å². The fourth-order valence-electron chi connectivity index (χ4n) is 4.73. The monoisotopic (exact) mass is 352 g/mol. The molecule has 0 aliphatic heterocycles. The van der Waals surface area contributed by atoms with Gasteiger partial charge in [0.15, 0.2) is 0 Å². The lowest BCUT2D eigenvalue weighted by atomic mass is 9.96. The first-order valence-corrected chi connectivity index (χ1v) is 9.20. The molecular weight excluding hydrogens is 335 g/mol. The molecule has 3 aromatic heterocycles. The zero-order valence-corrected chi connectivity index (χ0v) is 15.4. The molecule has 130 valence electrons. The molecule has 0 bridgehead atoms. The van der Waals surface area contributed by atoms with Crippen molar-refractivity contribution in [1.82, 2.24) is 9.38 Å². The van der Waals surface area contributed by atoms with E-state index in [0.29, 0.717) is 5.39 Å². The lowest BCUT2D eigenvalue weighted by Gasteiger charge is -2.17. The first-order valence-electron chi connectivity index (χ1n) is 9.20. The van der Waals surface area contributed by atoms with Gasteiger partial charge in [-0.25, -0.2) is 4.39 Å². The summed E-state index contributed by atoms with van der Waals surface area (Å²) in [5.41, 5.74) is 8.05. The fourth-order valence-corrected chi connectivity index (χ4v) is 4.73. The van der Waals surface area contributed by atoms with Crippen molar-refractivity contribution in [2.45, 2.75) is 20.8 Å². The Morgan fingerprint density at radius 1 is 0.815 bits per heavy atom. The molecule has 0 spiro atoms. The van der Waals surface area contributed by atoms with Gasteiger partial charge in [0.25, 0.3) is 0 Å². The summed E-state index contributed by atoms with van der Waals surface area (Å²) in [7, 11) is 0. The molecule has 6 rings (SSSR count). The molecule has 0 aliphatic rings. The van der Waals surface area contributed by atoms with Crippen molar-refractivity contribution in [2.75, 3.05) is 0 Å². The smallest absolute Gasteiger partial charge is 0.149 e. The SMILES string of the molecule is Cc1cc2c3ncc(F)c4ccc5c6ccccc6n(c2c(C)c1C)c5c43. The maximum atomic E-state index is 14.6. The summed E-state index contributed by atoms with van der Waals surface area (Å²) in [6, 6.07) is 14.6. The number of rotatable bonds is 0. The van der Waals surface area contributed by atoms with Crippen LogP contribution in [0.3, 0.4) is 0 Å². The zero-order valence-electron chi connectivity index (χ0n) is 15.4. The van der Waals surface area contributed by atoms with Crippen molar-refractivity contribution in [3.05, 3.63) is 71.2 Å². The van der Waals surface area contributed by atoms with E-state index >= 15 is 0 Å². The van der Waals surface area contributed by atoms with E-state index in [2.05, 4.69) is 60.5 Å². The number of hydrogen-bond acceptors (Lipinski definition) is 1. The second-order valence-corrected chi connectivity index (χ2v) is 7.53. The average molecular weight is 352 g/mol. The molecule has 6 aromatic rings. The zero-order chi connectivity index (χ0) is 18.4. The van der Waals surface area contributed by atoms with E-state index in [-0.39, 0.29) is 5.82 Å². The van der Waals surface area contributed by atoms with Crippen molar-refractivity contribution in [2.24, 2.45) is 0 Å². The van der Waals surface area contributed by atoms with Gasteiger partial charge in [-0.05, 0) is 49.6 Å². The lowest BCUT2D eigenvalue weighted by molar-refractivity contribution is 0.635. The molecule has 0 saturated carbocycles. The minimum Gasteiger partial charge on any atom is -0.308 e. The highest BCUT2D eigenvalue weighted by Crippen LogP contribution is 2.42. The van der Waals surface area contributed by atoms with Gasteiger partial charge in [0.1, 0.15) is 5.82 Å². The third kappa shape index (κ3) is 1.63. The van der Waals surface area contributed by atoms with Gasteiger partial charge in [-0.15, -0.1) is 0 Å². The Morgan fingerprint density at radius 3 is 2.44 bits per heavy atom. The first kappa shape index (κ1) is 14.9. The third-order valence-corrected chi connectivity index (χ3v) is 6.24. The predicted molar refractivity (Wildman–Crippen MR) is 111 cm³/mol. The summed E-state index contributed by atoms with van der Waals surface area (Å²) >= 11 is 0. The number of aromatic nitrogens is 2. The van der Waals surface area contributed by atoms with Gasteiger partial charge in [-0.1, -0.05) is 30.3 Å². The van der Waals surface area contributed by atoms with Crippen molar-refractivity contribution in [1.29, 1.82) is 0 Å². The molecule has 27 heavy (non-hydrogen) atoms. The van der Waals surface area contributed by atoms with E-state index in [9.17, 15) is 4.39 Å². The van der Waals surface area contributed by atoms with Crippen LogP contribution in [0.1, 0.15) is 16.7 Å². The molecular formula is C24H17FN2. The van der Waals surface area contributed by atoms with Gasteiger partial charge < -0.3 is 4.40 Å². The van der Waals surface area contributed by atoms with Crippen LogP contribution in [0, 0.1) is 26.6 Å². The minimum atomic E-state index is -0.267. The summed E-state index contributed by atoms with van der Waals surface area (Å²) in [6.07, 6.45) is 1.36. The van der Waals surface area contributed by atoms with E-state index < -0.39 is 0 Å². The molecule has 0 fully saturated rings. The van der Waals surface area contributed by atoms with Crippen LogP contribution in [-0.2, 0) is 0 Å². The highest BCUT2D eigenvalue weighted by molar-refractivity contribution is 6.27. The van der Waals surface area contributed by atoms with E-state index in [4.69, 9.17) is 0 Å². The Kier molecular flexibility index (Phi) is 2.62. The molecule has 3 heterocycles. The highest BCUT2D eigenvalue weighted by Gasteiger charge is 2.21. The second kappa shape index (κ2) is 4.74. The molecule has 2 nitrogen and oxygen atoms in total. The van der Waals surface area contributed by atoms with Crippen LogP contribution in [0.4, 0.5) is 4.39 Å². The van der Waals surface area contributed by atoms with Crippen LogP contribution in [0.25, 0.3) is 49.0 Å². The molecule has 0 amide bonds. The molecule has 0 radical (unpaired) electrons. The van der Waals surface area contributed by atoms with Crippen LogP contribution in [0.15, 0.2) is 48.7 Å². The number of nitrogens with zero attached hydrogens (tertiary/aromatic N) is 2. The molecule has 0 aliphatic carbocycles. The standard InChI is InChI=1S/C24H17FN2/c1-12-10-18-22-21-17(19(25)11-26-22)9-8-16-15-6-4-5-7-20(15)27(24(16)21)23(18)14(3)13(12)2/h4-11H,1-3H3. The van der Waals surface area contributed by atoms with Gasteiger partial charge >= 0.3 is 0 Å². The van der Waals surface area contributed by atoms with Crippen molar-refractivity contribution < 1.29 is 4.39 Å². The average Bonchev–Trinajstić information content (AvgIpc) is 3.01. The Bertz CT molecular complexity index is 1560. The highest BCUT2D eigenvalue weighted by atomic mass is 19.1. The fraction of sp³-hybridized carbons (Fsp3) is 0.125. The molecule has 0 N–H and O–H groups in total. The topological polar surface area (TPSA) is 17.3 Å². The Morgan fingerprint density at radius 2 is 1.59 bits per heavy atom. The molecule has 0 unspecified atom stereocenters. The number of halogens is 1. The van der Waals surface area contributed by atoms with Crippen molar-refractivity contribution in [3.8, 4) is 0 Å². The number of aryl methyl sites for hydroxylation is 2. The Labute approximate surface area is 155 Å². The second-order valence-electron chi connectivity index (χ2n) is 7.53. The van der Waals surface area contributed by atoms with E-state index in [0.717, 1.165) is 32.7 Å². The molecule has 3 aromatic carbocycles. The summed E-state index contributed by atoms with van der Waals surface area (Å²) in [6.45, 7) is 6.48. The number of benzene rings is 3. The van der Waals surface area contributed by atoms with Crippen molar-refractivity contribution >= 4 is 49.0 Å². The van der Waals surface area contributed by atoms with Gasteiger partial charge in [0, 0.05) is 26.9 Å². The largest absolute Gasteiger partial charge is 0.308 e. The molecule has 0 saturated heterocycles. The number of para-hydroxylation sites is 1. The first-order chi connectivity index (χ1) is 13.1. The maximum Gasteiger partial charge on any atom is 0.149 e. The summed E-state index contributed by atoms with van der Waals surface area (Å²) in [5.74, 6) is -0.267. The summed E-state index contributed by atoms with van der Waals surface area (Å²) in [4.78, 5) is 4.55. The molecule has 0 atom stereocenters. The van der Waals surface area contributed by atoms with Crippen LogP contribution >= 0.6 is 0 Å².